The Bertz CT molecular complexity index is 987. The van der Waals surface area contributed by atoms with Gasteiger partial charge >= 0.3 is 5.97 Å². The Hall–Kier alpha value is -3.60. The lowest BCUT2D eigenvalue weighted by Gasteiger charge is -2.27. The molecule has 0 N–H and O–H groups in total. The molecule has 0 radical (unpaired) electrons. The van der Waals surface area contributed by atoms with Crippen LogP contribution >= 0.6 is 0 Å². The Balaban J connectivity index is 2.41. The first kappa shape index (κ1) is 24.7. The Kier molecular flexibility index (Phi) is 9.02. The standard InChI is InChI=1S/C24H28N2O6/c1-5-7-11-32-21-9-8-18(14-22(21)30-6-2)13-19-16(3)20(15-25)24(29)26(23(19)28)10-12-31-17(4)27/h8-9,13-14H,5-7,10-12H2,1-4H3/b19-13+. The average molecular weight is 440 g/mol. The fourth-order valence-electron chi connectivity index (χ4n) is 3.11. The minimum absolute atomic E-state index is 0.122. The van der Waals surface area contributed by atoms with Crippen molar-refractivity contribution in [3.8, 4) is 17.6 Å². The Labute approximate surface area is 188 Å². The molecule has 0 atom stereocenters. The van der Waals surface area contributed by atoms with Gasteiger partial charge in [-0.05, 0) is 49.6 Å². The number of hydrogen-bond acceptors (Lipinski definition) is 7. The van der Waals surface area contributed by atoms with E-state index in [0.717, 1.165) is 17.7 Å². The molecule has 2 rings (SSSR count). The Morgan fingerprint density at radius 2 is 1.88 bits per heavy atom. The lowest BCUT2D eigenvalue weighted by Crippen LogP contribution is -2.44. The first-order chi connectivity index (χ1) is 15.3. The minimum Gasteiger partial charge on any atom is -0.490 e. The molecule has 32 heavy (non-hydrogen) atoms. The zero-order valence-electron chi connectivity index (χ0n) is 18.9. The number of nitriles is 1. The van der Waals surface area contributed by atoms with Crippen LogP contribution in [0.15, 0.2) is 34.9 Å². The summed E-state index contributed by atoms with van der Waals surface area (Å²) >= 11 is 0. The van der Waals surface area contributed by atoms with Gasteiger partial charge in [-0.2, -0.15) is 5.26 Å². The van der Waals surface area contributed by atoms with Gasteiger partial charge in [0.2, 0.25) is 0 Å². The van der Waals surface area contributed by atoms with E-state index in [1.807, 2.05) is 13.0 Å². The molecule has 8 heteroatoms. The van der Waals surface area contributed by atoms with Gasteiger partial charge in [-0.3, -0.25) is 19.3 Å². The third kappa shape index (κ3) is 5.97. The van der Waals surface area contributed by atoms with Gasteiger partial charge in [-0.1, -0.05) is 19.4 Å². The molecule has 1 heterocycles. The molecule has 0 saturated carbocycles. The molecule has 1 aromatic carbocycles. The summed E-state index contributed by atoms with van der Waals surface area (Å²) in [4.78, 5) is 37.6. The molecular weight excluding hydrogens is 412 g/mol. The zero-order valence-corrected chi connectivity index (χ0v) is 18.9. The molecule has 0 fully saturated rings. The van der Waals surface area contributed by atoms with Crippen LogP contribution in [0.25, 0.3) is 6.08 Å². The fraction of sp³-hybridized carbons (Fsp3) is 0.417. The second-order valence-electron chi connectivity index (χ2n) is 7.11. The van der Waals surface area contributed by atoms with Crippen LogP contribution < -0.4 is 9.47 Å². The third-order valence-corrected chi connectivity index (χ3v) is 4.78. The molecular formula is C24H28N2O6. The van der Waals surface area contributed by atoms with Crippen molar-refractivity contribution in [1.82, 2.24) is 4.90 Å². The van der Waals surface area contributed by atoms with Crippen LogP contribution in [0, 0.1) is 11.3 Å². The molecule has 8 nitrogen and oxygen atoms in total. The van der Waals surface area contributed by atoms with E-state index >= 15 is 0 Å². The number of rotatable bonds is 10. The van der Waals surface area contributed by atoms with E-state index in [1.165, 1.54) is 6.92 Å². The number of imide groups is 1. The number of carbonyl (C=O) groups excluding carboxylic acids is 3. The molecule has 1 aliphatic rings. The summed E-state index contributed by atoms with van der Waals surface area (Å²) in [6, 6.07) is 7.19. The van der Waals surface area contributed by atoms with E-state index in [1.54, 1.807) is 31.2 Å². The van der Waals surface area contributed by atoms with Crippen LogP contribution in [0.1, 0.15) is 46.1 Å². The minimum atomic E-state index is -0.700. The summed E-state index contributed by atoms with van der Waals surface area (Å²) in [6.07, 6.45) is 3.54. The number of carbonyl (C=O) groups is 3. The van der Waals surface area contributed by atoms with Crippen LogP contribution in [0.5, 0.6) is 11.5 Å². The van der Waals surface area contributed by atoms with Crippen LogP contribution in [0.3, 0.4) is 0 Å². The normalized spacial score (nSPS) is 15.1. The van der Waals surface area contributed by atoms with Crippen LogP contribution in [-0.2, 0) is 19.1 Å². The lowest BCUT2D eigenvalue weighted by molar-refractivity contribution is -0.147. The highest BCUT2D eigenvalue weighted by molar-refractivity contribution is 6.19. The zero-order chi connectivity index (χ0) is 23.7. The average Bonchev–Trinajstić information content (AvgIpc) is 2.75. The van der Waals surface area contributed by atoms with Gasteiger partial charge in [0.25, 0.3) is 11.8 Å². The number of nitrogens with zero attached hydrogens (tertiary/aromatic N) is 2. The summed E-state index contributed by atoms with van der Waals surface area (Å²) in [5, 5.41) is 9.47. The second-order valence-corrected chi connectivity index (χ2v) is 7.11. The predicted octanol–water partition coefficient (Wildman–Crippen LogP) is 3.42. The van der Waals surface area contributed by atoms with E-state index in [4.69, 9.17) is 14.2 Å². The van der Waals surface area contributed by atoms with Crippen molar-refractivity contribution < 1.29 is 28.6 Å². The van der Waals surface area contributed by atoms with Crippen molar-refractivity contribution in [1.29, 1.82) is 5.26 Å². The van der Waals surface area contributed by atoms with Gasteiger partial charge in [-0.25, -0.2) is 0 Å². The maximum absolute atomic E-state index is 13.0. The van der Waals surface area contributed by atoms with Crippen molar-refractivity contribution in [2.45, 2.75) is 40.5 Å². The molecule has 2 amide bonds. The summed E-state index contributed by atoms with van der Waals surface area (Å²) in [7, 11) is 0. The van der Waals surface area contributed by atoms with E-state index in [-0.39, 0.29) is 24.3 Å². The number of unbranched alkanes of at least 4 members (excludes halogenated alkanes) is 1. The summed E-state index contributed by atoms with van der Waals surface area (Å²) in [5.41, 5.74) is 1.05. The number of ether oxygens (including phenoxy) is 3. The smallest absolute Gasteiger partial charge is 0.302 e. The van der Waals surface area contributed by atoms with E-state index in [2.05, 4.69) is 6.92 Å². The van der Waals surface area contributed by atoms with E-state index in [9.17, 15) is 19.6 Å². The quantitative estimate of drug-likeness (QED) is 0.237. The maximum Gasteiger partial charge on any atom is 0.302 e. The highest BCUT2D eigenvalue weighted by Crippen LogP contribution is 2.32. The maximum atomic E-state index is 13.0. The van der Waals surface area contributed by atoms with Gasteiger partial charge in [0, 0.05) is 12.5 Å². The van der Waals surface area contributed by atoms with Gasteiger partial charge in [0.1, 0.15) is 18.2 Å². The largest absolute Gasteiger partial charge is 0.490 e. The second kappa shape index (κ2) is 11.7. The molecule has 0 spiro atoms. The highest BCUT2D eigenvalue weighted by Gasteiger charge is 2.35. The molecule has 1 aliphatic heterocycles. The van der Waals surface area contributed by atoms with Crippen LogP contribution in [0.4, 0.5) is 0 Å². The van der Waals surface area contributed by atoms with Gasteiger partial charge in [0.05, 0.1) is 19.8 Å². The molecule has 0 saturated heterocycles. The number of esters is 1. The molecule has 1 aromatic rings. The SMILES string of the molecule is CCCCOc1ccc(/C=C2/C(=O)N(CCOC(C)=O)C(=O)C(C#N)=C2C)cc1OCC. The van der Waals surface area contributed by atoms with E-state index in [0.29, 0.717) is 35.8 Å². The van der Waals surface area contributed by atoms with Gasteiger partial charge < -0.3 is 14.2 Å². The molecule has 0 aromatic heterocycles. The van der Waals surface area contributed by atoms with Crippen molar-refractivity contribution in [3.63, 3.8) is 0 Å². The van der Waals surface area contributed by atoms with Crippen molar-refractivity contribution in [2.24, 2.45) is 0 Å². The van der Waals surface area contributed by atoms with E-state index < -0.39 is 17.8 Å². The van der Waals surface area contributed by atoms with Gasteiger partial charge in [0.15, 0.2) is 11.5 Å². The third-order valence-electron chi connectivity index (χ3n) is 4.78. The number of amides is 2. The molecule has 0 aliphatic carbocycles. The first-order valence-electron chi connectivity index (χ1n) is 10.6. The number of benzene rings is 1. The summed E-state index contributed by atoms with van der Waals surface area (Å²) < 4.78 is 16.3. The van der Waals surface area contributed by atoms with Crippen molar-refractivity contribution in [2.75, 3.05) is 26.4 Å². The number of hydrogen-bond donors (Lipinski definition) is 0. The summed E-state index contributed by atoms with van der Waals surface area (Å²) in [6.45, 7) is 7.48. The Morgan fingerprint density at radius 1 is 1.12 bits per heavy atom. The lowest BCUT2D eigenvalue weighted by atomic mass is 9.93. The molecule has 0 unspecified atom stereocenters. The topological polar surface area (TPSA) is 106 Å². The monoisotopic (exact) mass is 440 g/mol. The Morgan fingerprint density at radius 3 is 2.50 bits per heavy atom. The van der Waals surface area contributed by atoms with Crippen LogP contribution in [0.2, 0.25) is 0 Å². The van der Waals surface area contributed by atoms with Gasteiger partial charge in [-0.15, -0.1) is 0 Å². The molecule has 0 bridgehead atoms. The van der Waals surface area contributed by atoms with Crippen molar-refractivity contribution >= 4 is 23.9 Å². The predicted molar refractivity (Wildman–Crippen MR) is 118 cm³/mol. The molecule has 170 valence electrons. The highest BCUT2D eigenvalue weighted by atomic mass is 16.5. The fourth-order valence-corrected chi connectivity index (χ4v) is 3.11. The van der Waals surface area contributed by atoms with Crippen LogP contribution in [-0.4, -0.2) is 49.0 Å². The first-order valence-corrected chi connectivity index (χ1v) is 10.6. The summed E-state index contributed by atoms with van der Waals surface area (Å²) in [5.74, 6) is -0.616. The van der Waals surface area contributed by atoms with Crippen molar-refractivity contribution in [3.05, 3.63) is 40.5 Å².